The second-order valence-electron chi connectivity index (χ2n) is 9.47. The van der Waals surface area contributed by atoms with Gasteiger partial charge in [0.2, 0.25) is 0 Å². The summed E-state index contributed by atoms with van der Waals surface area (Å²) in [6, 6.07) is 25.5. The Morgan fingerprint density at radius 3 is 2.32 bits per heavy atom. The fourth-order valence-corrected chi connectivity index (χ4v) is 4.74. The third kappa shape index (κ3) is 6.44. The third-order valence-electron chi connectivity index (χ3n) is 6.89. The van der Waals surface area contributed by atoms with Gasteiger partial charge in [-0.1, -0.05) is 78.9 Å². The van der Waals surface area contributed by atoms with Crippen molar-refractivity contribution < 1.29 is 4.79 Å². The average Bonchev–Trinajstić information content (AvgIpc) is 3.27. The van der Waals surface area contributed by atoms with Crippen LogP contribution in [0.3, 0.4) is 0 Å². The standard InChI is InChI=1S/C30H33N5O2/c36-29(31-23-26-10-5-2-6-11-26)35-28-22-25(13-14-27(28)32-30(35)37)15-17-34-20-18-33(19-21-34)16-7-12-24-8-3-1-4-9-24/h1-14,22H,15-21,23H2,(H,31,36)(H,32,37)/b12-7+. The van der Waals surface area contributed by atoms with Gasteiger partial charge in [-0.3, -0.25) is 4.90 Å². The van der Waals surface area contributed by atoms with Crippen molar-refractivity contribution in [2.75, 3.05) is 39.3 Å². The molecule has 0 bridgehead atoms. The van der Waals surface area contributed by atoms with Gasteiger partial charge in [-0.25, -0.2) is 14.2 Å². The molecule has 2 N–H and O–H groups in total. The number of carbonyl (C=O) groups is 1. The van der Waals surface area contributed by atoms with E-state index in [0.717, 1.165) is 56.8 Å². The van der Waals surface area contributed by atoms with E-state index in [-0.39, 0.29) is 0 Å². The highest BCUT2D eigenvalue weighted by Crippen LogP contribution is 2.15. The van der Waals surface area contributed by atoms with Crippen LogP contribution >= 0.6 is 0 Å². The van der Waals surface area contributed by atoms with Crippen molar-refractivity contribution in [3.8, 4) is 0 Å². The Morgan fingerprint density at radius 1 is 0.865 bits per heavy atom. The summed E-state index contributed by atoms with van der Waals surface area (Å²) in [5.41, 5.74) is 4.19. The van der Waals surface area contributed by atoms with Gasteiger partial charge in [0, 0.05) is 45.8 Å². The van der Waals surface area contributed by atoms with Crippen molar-refractivity contribution in [2.24, 2.45) is 0 Å². The Bertz CT molecular complexity index is 1400. The highest BCUT2D eigenvalue weighted by atomic mass is 16.2. The van der Waals surface area contributed by atoms with Crippen LogP contribution in [-0.4, -0.2) is 64.7 Å². The number of nitrogens with zero attached hydrogens (tertiary/aromatic N) is 3. The van der Waals surface area contributed by atoms with Gasteiger partial charge in [0.1, 0.15) is 0 Å². The predicted octanol–water partition coefficient (Wildman–Crippen LogP) is 3.96. The number of hydrogen-bond donors (Lipinski definition) is 2. The lowest BCUT2D eigenvalue weighted by molar-refractivity contribution is 0.144. The summed E-state index contributed by atoms with van der Waals surface area (Å²) in [6.45, 7) is 6.47. The number of aromatic amines is 1. The highest BCUT2D eigenvalue weighted by molar-refractivity contribution is 5.89. The minimum Gasteiger partial charge on any atom is -0.333 e. The smallest absolute Gasteiger partial charge is 0.333 e. The van der Waals surface area contributed by atoms with E-state index in [1.165, 1.54) is 10.1 Å². The SMILES string of the molecule is O=C(NCc1ccccc1)n1c(=O)[nH]c2ccc(CCN3CCN(C/C=C/c4ccccc4)CC3)cc21. The fraction of sp³-hybridized carbons (Fsp3) is 0.267. The number of rotatable bonds is 8. The first kappa shape index (κ1) is 24.7. The van der Waals surface area contributed by atoms with Crippen molar-refractivity contribution in [1.82, 2.24) is 24.7 Å². The van der Waals surface area contributed by atoms with Crippen LogP contribution in [0, 0.1) is 0 Å². The molecule has 1 aromatic heterocycles. The van der Waals surface area contributed by atoms with Crippen LogP contribution in [0.1, 0.15) is 16.7 Å². The molecule has 0 unspecified atom stereocenters. The zero-order valence-corrected chi connectivity index (χ0v) is 21.0. The highest BCUT2D eigenvalue weighted by Gasteiger charge is 2.17. The molecule has 4 aromatic rings. The van der Waals surface area contributed by atoms with E-state index in [1.807, 2.05) is 54.6 Å². The van der Waals surface area contributed by atoms with E-state index >= 15 is 0 Å². The van der Waals surface area contributed by atoms with E-state index in [9.17, 15) is 9.59 Å². The van der Waals surface area contributed by atoms with E-state index < -0.39 is 11.7 Å². The zero-order valence-electron chi connectivity index (χ0n) is 21.0. The second-order valence-corrected chi connectivity index (χ2v) is 9.47. The van der Waals surface area contributed by atoms with Gasteiger partial charge < -0.3 is 15.2 Å². The van der Waals surface area contributed by atoms with Gasteiger partial charge in [-0.15, -0.1) is 0 Å². The van der Waals surface area contributed by atoms with E-state index in [2.05, 4.69) is 56.5 Å². The molecule has 1 aliphatic heterocycles. The van der Waals surface area contributed by atoms with E-state index in [0.29, 0.717) is 17.6 Å². The van der Waals surface area contributed by atoms with Crippen molar-refractivity contribution in [2.45, 2.75) is 13.0 Å². The summed E-state index contributed by atoms with van der Waals surface area (Å²) < 4.78 is 1.20. The first-order chi connectivity index (χ1) is 18.2. The molecular weight excluding hydrogens is 462 g/mol. The lowest BCUT2D eigenvalue weighted by Gasteiger charge is -2.34. The van der Waals surface area contributed by atoms with Crippen LogP contribution < -0.4 is 11.0 Å². The quantitative estimate of drug-likeness (QED) is 0.388. The molecule has 3 aromatic carbocycles. The molecule has 1 fully saturated rings. The number of benzene rings is 3. The number of piperazine rings is 1. The molecule has 1 saturated heterocycles. The topological polar surface area (TPSA) is 73.4 Å². The van der Waals surface area contributed by atoms with Crippen LogP contribution in [-0.2, 0) is 13.0 Å². The molecule has 0 spiro atoms. The van der Waals surface area contributed by atoms with Gasteiger partial charge >= 0.3 is 11.7 Å². The van der Waals surface area contributed by atoms with E-state index in [4.69, 9.17) is 0 Å². The Labute approximate surface area is 217 Å². The first-order valence-corrected chi connectivity index (χ1v) is 12.9. The molecule has 0 aliphatic carbocycles. The number of imidazole rings is 1. The normalized spacial score (nSPS) is 14.9. The number of hydrogen-bond acceptors (Lipinski definition) is 4. The summed E-state index contributed by atoms with van der Waals surface area (Å²) in [4.78, 5) is 33.1. The van der Waals surface area contributed by atoms with Gasteiger partial charge in [0.15, 0.2) is 0 Å². The Hall–Kier alpha value is -3.94. The van der Waals surface area contributed by atoms with Crippen LogP contribution in [0.2, 0.25) is 0 Å². The van der Waals surface area contributed by atoms with Crippen molar-refractivity contribution >= 4 is 23.1 Å². The number of amides is 1. The summed E-state index contributed by atoms with van der Waals surface area (Å²) >= 11 is 0. The van der Waals surface area contributed by atoms with Gasteiger partial charge in [-0.2, -0.15) is 0 Å². The fourth-order valence-electron chi connectivity index (χ4n) is 4.74. The number of aromatic nitrogens is 2. The van der Waals surface area contributed by atoms with Crippen LogP contribution in [0.25, 0.3) is 17.1 Å². The molecule has 0 atom stereocenters. The Balaban J connectivity index is 1.14. The molecule has 2 heterocycles. The molecule has 190 valence electrons. The maximum Gasteiger partial charge on any atom is 0.334 e. The molecule has 1 amide bonds. The van der Waals surface area contributed by atoms with Crippen LogP contribution in [0.5, 0.6) is 0 Å². The van der Waals surface area contributed by atoms with Crippen molar-refractivity contribution in [1.29, 1.82) is 0 Å². The average molecular weight is 496 g/mol. The Morgan fingerprint density at radius 2 is 1.57 bits per heavy atom. The molecule has 5 rings (SSSR count). The molecule has 7 nitrogen and oxygen atoms in total. The maximum absolute atomic E-state index is 12.8. The molecule has 0 radical (unpaired) electrons. The molecule has 37 heavy (non-hydrogen) atoms. The summed E-state index contributed by atoms with van der Waals surface area (Å²) in [7, 11) is 0. The summed E-state index contributed by atoms with van der Waals surface area (Å²) in [6.07, 6.45) is 5.30. The first-order valence-electron chi connectivity index (χ1n) is 12.9. The van der Waals surface area contributed by atoms with Crippen molar-refractivity contribution in [3.05, 3.63) is 112 Å². The van der Waals surface area contributed by atoms with Gasteiger partial charge in [-0.05, 0) is 35.2 Å². The molecule has 0 saturated carbocycles. The number of nitrogens with one attached hydrogen (secondary N) is 2. The number of H-pyrrole nitrogens is 1. The van der Waals surface area contributed by atoms with Gasteiger partial charge in [0.25, 0.3) is 0 Å². The van der Waals surface area contributed by atoms with Crippen LogP contribution in [0.15, 0.2) is 89.7 Å². The van der Waals surface area contributed by atoms with E-state index in [1.54, 1.807) is 0 Å². The summed E-state index contributed by atoms with van der Waals surface area (Å²) in [5.74, 6) is 0. The second kappa shape index (κ2) is 11.9. The maximum atomic E-state index is 12.8. The third-order valence-corrected chi connectivity index (χ3v) is 6.89. The lowest BCUT2D eigenvalue weighted by atomic mass is 10.1. The monoisotopic (exact) mass is 495 g/mol. The largest absolute Gasteiger partial charge is 0.334 e. The zero-order chi connectivity index (χ0) is 25.5. The minimum absolute atomic E-state index is 0.368. The number of fused-ring (bicyclic) bond motifs is 1. The lowest BCUT2D eigenvalue weighted by Crippen LogP contribution is -2.46. The molecular formula is C30H33N5O2. The minimum atomic E-state index is -0.422. The van der Waals surface area contributed by atoms with Crippen LogP contribution in [0.4, 0.5) is 4.79 Å². The summed E-state index contributed by atoms with van der Waals surface area (Å²) in [5, 5.41) is 2.85. The predicted molar refractivity (Wildman–Crippen MR) is 149 cm³/mol. The van der Waals surface area contributed by atoms with Gasteiger partial charge in [0.05, 0.1) is 11.0 Å². The number of carbonyl (C=O) groups excluding carboxylic acids is 1. The molecule has 1 aliphatic rings. The Kier molecular flexibility index (Phi) is 7.93. The van der Waals surface area contributed by atoms with Crippen molar-refractivity contribution in [3.63, 3.8) is 0 Å². The molecule has 7 heteroatoms.